The Balaban J connectivity index is 3.88. The van der Waals surface area contributed by atoms with E-state index in [1.165, 1.54) is 0 Å². The fourth-order valence-corrected chi connectivity index (χ4v) is 1.33. The van der Waals surface area contributed by atoms with Crippen LogP contribution in [-0.4, -0.2) is 29.8 Å². The highest BCUT2D eigenvalue weighted by Crippen LogP contribution is 2.06. The molecule has 0 rings (SSSR count). The number of hydrogen-bond donors (Lipinski definition) is 1. The third kappa shape index (κ3) is 5.95. The van der Waals surface area contributed by atoms with Crippen LogP contribution in [0.15, 0.2) is 0 Å². The van der Waals surface area contributed by atoms with Crippen LogP contribution in [-0.2, 0) is 0 Å². The van der Waals surface area contributed by atoms with Gasteiger partial charge in [-0.3, -0.25) is 4.90 Å². The van der Waals surface area contributed by atoms with E-state index in [1.807, 2.05) is 0 Å². The fraction of sp³-hybridized carbons (Fsp3) is 0.900. The Hall–Kier alpha value is -0.200. The normalized spacial score (nSPS) is 13.3. The molecule has 2 nitrogen and oxygen atoms in total. The molecule has 0 aliphatic heterocycles. The minimum absolute atomic E-state index is 0.524. The fourth-order valence-electron chi connectivity index (χ4n) is 1.21. The third-order valence-corrected chi connectivity index (χ3v) is 2.72. The number of hydrogen-bond acceptors (Lipinski definition) is 3. The highest BCUT2D eigenvalue weighted by atomic mass is 32.1. The van der Waals surface area contributed by atoms with Crippen molar-refractivity contribution >= 4 is 12.6 Å². The SMILES string of the molecule is CC(CS)CN(CCC#N)C(C)C. The summed E-state index contributed by atoms with van der Waals surface area (Å²) in [5.41, 5.74) is 0. The molecule has 0 aromatic carbocycles. The van der Waals surface area contributed by atoms with Crippen LogP contribution in [0.1, 0.15) is 27.2 Å². The first kappa shape index (κ1) is 12.8. The van der Waals surface area contributed by atoms with Crippen LogP contribution in [0.2, 0.25) is 0 Å². The smallest absolute Gasteiger partial charge is 0.0635 e. The number of nitrogens with zero attached hydrogens (tertiary/aromatic N) is 2. The van der Waals surface area contributed by atoms with Gasteiger partial charge in [0.2, 0.25) is 0 Å². The molecule has 0 saturated heterocycles. The first-order valence-corrected chi connectivity index (χ1v) is 5.47. The average Bonchev–Trinajstić information content (AvgIpc) is 2.11. The Morgan fingerprint density at radius 2 is 2.00 bits per heavy atom. The maximum atomic E-state index is 8.50. The Labute approximate surface area is 87.3 Å². The van der Waals surface area contributed by atoms with Gasteiger partial charge in [-0.2, -0.15) is 17.9 Å². The minimum atomic E-state index is 0.524. The van der Waals surface area contributed by atoms with E-state index in [-0.39, 0.29) is 0 Å². The van der Waals surface area contributed by atoms with Gasteiger partial charge in [0.25, 0.3) is 0 Å². The molecule has 0 fully saturated rings. The summed E-state index contributed by atoms with van der Waals surface area (Å²) in [6, 6.07) is 2.71. The van der Waals surface area contributed by atoms with Gasteiger partial charge in [0.15, 0.2) is 0 Å². The minimum Gasteiger partial charge on any atom is -0.300 e. The molecule has 0 N–H and O–H groups in total. The van der Waals surface area contributed by atoms with Gasteiger partial charge in [-0.1, -0.05) is 6.92 Å². The lowest BCUT2D eigenvalue weighted by Crippen LogP contribution is -2.35. The summed E-state index contributed by atoms with van der Waals surface area (Å²) in [6.45, 7) is 8.45. The first-order valence-electron chi connectivity index (χ1n) is 4.83. The molecule has 0 heterocycles. The van der Waals surface area contributed by atoms with Gasteiger partial charge in [-0.25, -0.2) is 0 Å². The quantitative estimate of drug-likeness (QED) is 0.665. The highest BCUT2D eigenvalue weighted by molar-refractivity contribution is 7.80. The molecule has 76 valence electrons. The van der Waals surface area contributed by atoms with Crippen LogP contribution < -0.4 is 0 Å². The summed E-state index contributed by atoms with van der Waals surface area (Å²) in [7, 11) is 0. The van der Waals surface area contributed by atoms with Crippen molar-refractivity contribution in [2.75, 3.05) is 18.8 Å². The van der Waals surface area contributed by atoms with Crippen LogP contribution in [0.4, 0.5) is 0 Å². The molecule has 0 aromatic rings. The van der Waals surface area contributed by atoms with Crippen LogP contribution in [0.5, 0.6) is 0 Å². The van der Waals surface area contributed by atoms with E-state index in [1.54, 1.807) is 0 Å². The molecule has 0 aliphatic rings. The molecule has 13 heavy (non-hydrogen) atoms. The maximum Gasteiger partial charge on any atom is 0.0635 e. The van der Waals surface area contributed by atoms with E-state index in [0.717, 1.165) is 18.8 Å². The van der Waals surface area contributed by atoms with E-state index in [4.69, 9.17) is 5.26 Å². The largest absolute Gasteiger partial charge is 0.300 e. The summed E-state index contributed by atoms with van der Waals surface area (Å²) in [5.74, 6) is 1.51. The monoisotopic (exact) mass is 200 g/mol. The lowest BCUT2D eigenvalue weighted by Gasteiger charge is -2.27. The molecule has 0 saturated carbocycles. The van der Waals surface area contributed by atoms with Gasteiger partial charge >= 0.3 is 0 Å². The molecule has 0 spiro atoms. The molecule has 3 heteroatoms. The van der Waals surface area contributed by atoms with Crippen LogP contribution in [0, 0.1) is 17.2 Å². The molecule has 0 bridgehead atoms. The molecule has 0 radical (unpaired) electrons. The van der Waals surface area contributed by atoms with Gasteiger partial charge < -0.3 is 0 Å². The van der Waals surface area contributed by atoms with Crippen molar-refractivity contribution in [2.24, 2.45) is 5.92 Å². The van der Waals surface area contributed by atoms with E-state index in [2.05, 4.69) is 44.4 Å². The lowest BCUT2D eigenvalue weighted by atomic mass is 10.1. The predicted octanol–water partition coefficient (Wildman–Crippen LogP) is 2.18. The maximum absolute atomic E-state index is 8.50. The summed E-state index contributed by atoms with van der Waals surface area (Å²) in [6.07, 6.45) is 0.622. The summed E-state index contributed by atoms with van der Waals surface area (Å²) in [5, 5.41) is 8.50. The zero-order valence-electron chi connectivity index (χ0n) is 8.82. The van der Waals surface area contributed by atoms with Crippen molar-refractivity contribution in [3.8, 4) is 6.07 Å². The topological polar surface area (TPSA) is 27.0 Å². The Morgan fingerprint density at radius 1 is 1.38 bits per heavy atom. The number of nitriles is 1. The molecular formula is C10H20N2S. The molecule has 0 aliphatic carbocycles. The first-order chi connectivity index (χ1) is 6.11. The highest BCUT2D eigenvalue weighted by Gasteiger charge is 2.11. The molecule has 0 amide bonds. The number of thiol groups is 1. The van der Waals surface area contributed by atoms with Crippen LogP contribution in [0.3, 0.4) is 0 Å². The van der Waals surface area contributed by atoms with Crippen molar-refractivity contribution in [1.29, 1.82) is 5.26 Å². The van der Waals surface area contributed by atoms with Crippen LogP contribution in [0.25, 0.3) is 0 Å². The lowest BCUT2D eigenvalue weighted by molar-refractivity contribution is 0.203. The van der Waals surface area contributed by atoms with E-state index < -0.39 is 0 Å². The average molecular weight is 200 g/mol. The van der Waals surface area contributed by atoms with Crippen molar-refractivity contribution in [3.63, 3.8) is 0 Å². The van der Waals surface area contributed by atoms with Crippen molar-refractivity contribution in [3.05, 3.63) is 0 Å². The standard InChI is InChI=1S/C10H20N2S/c1-9(2)12(6-4-5-11)7-10(3)8-13/h9-10,13H,4,6-8H2,1-3H3. The summed E-state index contributed by atoms with van der Waals surface area (Å²) >= 11 is 4.26. The summed E-state index contributed by atoms with van der Waals surface area (Å²) < 4.78 is 0. The molecule has 0 aromatic heterocycles. The Kier molecular flexibility index (Phi) is 7.12. The second kappa shape index (κ2) is 7.23. The Morgan fingerprint density at radius 3 is 2.38 bits per heavy atom. The number of rotatable bonds is 6. The van der Waals surface area contributed by atoms with E-state index >= 15 is 0 Å². The van der Waals surface area contributed by atoms with E-state index in [9.17, 15) is 0 Å². The van der Waals surface area contributed by atoms with Gasteiger partial charge in [0, 0.05) is 25.6 Å². The second-order valence-electron chi connectivity index (χ2n) is 3.78. The summed E-state index contributed by atoms with van der Waals surface area (Å²) in [4.78, 5) is 2.34. The molecule has 1 atom stereocenters. The Bertz CT molecular complexity index is 163. The van der Waals surface area contributed by atoms with E-state index in [0.29, 0.717) is 18.4 Å². The van der Waals surface area contributed by atoms with Gasteiger partial charge in [-0.05, 0) is 25.5 Å². The van der Waals surface area contributed by atoms with Gasteiger partial charge in [0.1, 0.15) is 0 Å². The zero-order valence-corrected chi connectivity index (χ0v) is 9.72. The van der Waals surface area contributed by atoms with Crippen molar-refractivity contribution in [1.82, 2.24) is 4.90 Å². The zero-order chi connectivity index (χ0) is 10.3. The molecular weight excluding hydrogens is 180 g/mol. The van der Waals surface area contributed by atoms with Crippen molar-refractivity contribution < 1.29 is 0 Å². The van der Waals surface area contributed by atoms with Crippen molar-refractivity contribution in [2.45, 2.75) is 33.2 Å². The predicted molar refractivity (Wildman–Crippen MR) is 60.0 cm³/mol. The second-order valence-corrected chi connectivity index (χ2v) is 4.15. The third-order valence-electron chi connectivity index (χ3n) is 2.10. The van der Waals surface area contributed by atoms with Crippen LogP contribution >= 0.6 is 12.6 Å². The van der Waals surface area contributed by atoms with Gasteiger partial charge in [-0.15, -0.1) is 0 Å². The van der Waals surface area contributed by atoms with Gasteiger partial charge in [0.05, 0.1) is 6.07 Å². The molecule has 1 unspecified atom stereocenters.